The Morgan fingerprint density at radius 3 is 1.67 bits per heavy atom. The van der Waals surface area contributed by atoms with Gasteiger partial charge in [-0.15, -0.1) is 0 Å². The summed E-state index contributed by atoms with van der Waals surface area (Å²) in [5, 5.41) is 0. The van der Waals surface area contributed by atoms with Crippen LogP contribution >= 0.6 is 0 Å². The SMILES string of the molecule is CC(C)c1ccccc1.O=S(=O)(O)O.[H-].[Na+]. The van der Waals surface area contributed by atoms with Crippen molar-refractivity contribution in [2.45, 2.75) is 19.8 Å². The van der Waals surface area contributed by atoms with Gasteiger partial charge in [0, 0.05) is 0 Å². The molecule has 1 aromatic carbocycles. The summed E-state index contributed by atoms with van der Waals surface area (Å²) in [7, 11) is -4.67. The van der Waals surface area contributed by atoms with Crippen molar-refractivity contribution in [2.24, 2.45) is 0 Å². The summed E-state index contributed by atoms with van der Waals surface area (Å²) in [5.74, 6) is 0.659. The molecule has 0 saturated carbocycles. The van der Waals surface area contributed by atoms with Crippen LogP contribution in [0.1, 0.15) is 26.8 Å². The van der Waals surface area contributed by atoms with E-state index in [-0.39, 0.29) is 31.0 Å². The minimum Gasteiger partial charge on any atom is -1.00 e. The number of hydrogen-bond acceptors (Lipinski definition) is 2. The molecule has 2 N–H and O–H groups in total. The minimum absolute atomic E-state index is 0. The van der Waals surface area contributed by atoms with Gasteiger partial charge in [0.05, 0.1) is 0 Å². The monoisotopic (exact) mass is 242 g/mol. The first-order valence-corrected chi connectivity index (χ1v) is 5.45. The molecule has 6 heteroatoms. The van der Waals surface area contributed by atoms with Crippen LogP contribution in [0.5, 0.6) is 0 Å². The largest absolute Gasteiger partial charge is 1.00 e. The summed E-state index contributed by atoms with van der Waals surface area (Å²) < 4.78 is 31.6. The summed E-state index contributed by atoms with van der Waals surface area (Å²) in [5.41, 5.74) is 1.41. The predicted octanol–water partition coefficient (Wildman–Crippen LogP) is -0.726. The second-order valence-corrected chi connectivity index (χ2v) is 3.91. The minimum atomic E-state index is -4.67. The molecule has 0 aliphatic carbocycles. The van der Waals surface area contributed by atoms with E-state index in [1.807, 2.05) is 6.07 Å². The van der Waals surface area contributed by atoms with Crippen LogP contribution in [-0.2, 0) is 10.4 Å². The van der Waals surface area contributed by atoms with E-state index in [1.54, 1.807) is 0 Å². The standard InChI is InChI=1S/C9H12.Na.H2O4S.H/c1-8(2)9-6-4-3-5-7-9;;1-5(2,3)4;/h3-8H,1-2H3;;(H2,1,2,3,4);/q;+1;;-1. The third-order valence-corrected chi connectivity index (χ3v) is 1.47. The van der Waals surface area contributed by atoms with Gasteiger partial charge in [0.25, 0.3) is 0 Å². The predicted molar refractivity (Wildman–Crippen MR) is 55.8 cm³/mol. The molecule has 0 atom stereocenters. The average Bonchev–Trinajstić information content (AvgIpc) is 2.03. The molecule has 0 radical (unpaired) electrons. The summed E-state index contributed by atoms with van der Waals surface area (Å²) in [6.45, 7) is 4.41. The van der Waals surface area contributed by atoms with Crippen LogP contribution in [0.15, 0.2) is 30.3 Å². The number of hydrogen-bond donors (Lipinski definition) is 2. The molecule has 1 aromatic rings. The molecule has 0 aromatic heterocycles. The van der Waals surface area contributed by atoms with Gasteiger partial charge in [-0.25, -0.2) is 0 Å². The maximum absolute atomic E-state index is 8.74. The van der Waals surface area contributed by atoms with Gasteiger partial charge >= 0.3 is 40.0 Å². The molecule has 1 rings (SSSR count). The van der Waals surface area contributed by atoms with Crippen LogP contribution in [-0.4, -0.2) is 17.5 Å². The normalized spacial score (nSPS) is 9.93. The molecule has 0 unspecified atom stereocenters. The van der Waals surface area contributed by atoms with Crippen LogP contribution in [0, 0.1) is 0 Å². The summed E-state index contributed by atoms with van der Waals surface area (Å²) in [6, 6.07) is 10.5. The van der Waals surface area contributed by atoms with Gasteiger partial charge in [-0.3, -0.25) is 9.11 Å². The summed E-state index contributed by atoms with van der Waals surface area (Å²) >= 11 is 0. The Morgan fingerprint density at radius 1 is 1.13 bits per heavy atom. The molecule has 0 aliphatic heterocycles. The molecule has 4 nitrogen and oxygen atoms in total. The molecule has 0 heterocycles. The molecule has 0 spiro atoms. The Kier molecular flexibility index (Phi) is 9.63. The topological polar surface area (TPSA) is 74.6 Å². The number of benzene rings is 1. The Bertz CT molecular complexity index is 345. The van der Waals surface area contributed by atoms with Gasteiger partial charge in [-0.2, -0.15) is 8.42 Å². The fourth-order valence-electron chi connectivity index (χ4n) is 0.838. The fraction of sp³-hybridized carbons (Fsp3) is 0.333. The third-order valence-electron chi connectivity index (χ3n) is 1.47. The van der Waals surface area contributed by atoms with Crippen molar-refractivity contribution < 1.29 is 48.5 Å². The number of rotatable bonds is 1. The van der Waals surface area contributed by atoms with E-state index in [0.717, 1.165) is 0 Å². The van der Waals surface area contributed by atoms with Crippen molar-refractivity contribution in [1.29, 1.82) is 0 Å². The van der Waals surface area contributed by atoms with E-state index in [9.17, 15) is 0 Å². The van der Waals surface area contributed by atoms with E-state index in [1.165, 1.54) is 5.56 Å². The van der Waals surface area contributed by atoms with Gasteiger partial charge in [-0.05, 0) is 11.5 Å². The van der Waals surface area contributed by atoms with E-state index < -0.39 is 10.4 Å². The molecule has 0 saturated heterocycles. The van der Waals surface area contributed by atoms with Gasteiger partial charge in [0.15, 0.2) is 0 Å². The van der Waals surface area contributed by atoms with Crippen LogP contribution in [0.4, 0.5) is 0 Å². The van der Waals surface area contributed by atoms with Crippen LogP contribution in [0.25, 0.3) is 0 Å². The van der Waals surface area contributed by atoms with Crippen LogP contribution < -0.4 is 29.6 Å². The second kappa shape index (κ2) is 8.27. The zero-order valence-electron chi connectivity index (χ0n) is 10.1. The molecule has 0 fully saturated rings. The van der Waals surface area contributed by atoms with E-state index >= 15 is 0 Å². The molecule has 0 bridgehead atoms. The molecule has 82 valence electrons. The molecule has 0 amide bonds. The Morgan fingerprint density at radius 2 is 1.47 bits per heavy atom. The van der Waals surface area contributed by atoms with E-state index in [0.29, 0.717) is 5.92 Å². The van der Waals surface area contributed by atoms with Crippen molar-refractivity contribution >= 4 is 10.4 Å². The van der Waals surface area contributed by atoms with Crippen molar-refractivity contribution in [3.05, 3.63) is 35.9 Å². The Labute approximate surface area is 114 Å². The maximum Gasteiger partial charge on any atom is 1.00 e. The smallest absolute Gasteiger partial charge is 1.00 e. The first-order chi connectivity index (χ1) is 6.30. The average molecular weight is 242 g/mol. The van der Waals surface area contributed by atoms with E-state index in [2.05, 4.69) is 38.1 Å². The van der Waals surface area contributed by atoms with Crippen molar-refractivity contribution in [3.8, 4) is 0 Å². The first-order valence-electron chi connectivity index (χ1n) is 4.05. The molecule has 15 heavy (non-hydrogen) atoms. The Hall–Kier alpha value is 0.0900. The second-order valence-electron chi connectivity index (χ2n) is 3.01. The quantitative estimate of drug-likeness (QED) is 0.503. The van der Waals surface area contributed by atoms with Crippen molar-refractivity contribution in [2.75, 3.05) is 0 Å². The van der Waals surface area contributed by atoms with Crippen LogP contribution in [0.2, 0.25) is 0 Å². The molecular weight excluding hydrogens is 227 g/mol. The van der Waals surface area contributed by atoms with Gasteiger partial charge in [0.2, 0.25) is 0 Å². The third kappa shape index (κ3) is 14.1. The maximum atomic E-state index is 8.74. The Balaban J connectivity index is -0.000000214. The van der Waals surface area contributed by atoms with Gasteiger partial charge in [0.1, 0.15) is 0 Å². The summed E-state index contributed by atoms with van der Waals surface area (Å²) in [4.78, 5) is 0. The zero-order valence-corrected chi connectivity index (χ0v) is 11.9. The zero-order chi connectivity index (χ0) is 11.2. The van der Waals surface area contributed by atoms with Gasteiger partial charge < -0.3 is 1.43 Å². The first kappa shape index (κ1) is 17.5. The van der Waals surface area contributed by atoms with Gasteiger partial charge in [-0.1, -0.05) is 44.2 Å². The van der Waals surface area contributed by atoms with Crippen molar-refractivity contribution in [1.82, 2.24) is 0 Å². The summed E-state index contributed by atoms with van der Waals surface area (Å²) in [6.07, 6.45) is 0. The fourth-order valence-corrected chi connectivity index (χ4v) is 0.838. The van der Waals surface area contributed by atoms with Crippen molar-refractivity contribution in [3.63, 3.8) is 0 Å². The van der Waals surface area contributed by atoms with Crippen LogP contribution in [0.3, 0.4) is 0 Å². The molecular formula is C9H15NaO4S. The van der Waals surface area contributed by atoms with E-state index in [4.69, 9.17) is 17.5 Å². The molecule has 0 aliphatic rings.